The van der Waals surface area contributed by atoms with Crippen LogP contribution in [0.5, 0.6) is 0 Å². The van der Waals surface area contributed by atoms with E-state index in [1.807, 2.05) is 6.92 Å². The molecule has 2 rings (SSSR count). The highest BCUT2D eigenvalue weighted by Crippen LogP contribution is 2.33. The second kappa shape index (κ2) is 10.5. The van der Waals surface area contributed by atoms with Crippen molar-refractivity contribution in [2.24, 2.45) is 0 Å². The van der Waals surface area contributed by atoms with Gasteiger partial charge in [0, 0.05) is 14.8 Å². The van der Waals surface area contributed by atoms with E-state index in [0.29, 0.717) is 15.6 Å². The highest BCUT2D eigenvalue weighted by atomic mass is 35.5. The van der Waals surface area contributed by atoms with Gasteiger partial charge in [0.2, 0.25) is 0 Å². The van der Waals surface area contributed by atoms with Crippen molar-refractivity contribution in [3.8, 4) is 0 Å². The zero-order valence-corrected chi connectivity index (χ0v) is 18.1. The van der Waals surface area contributed by atoms with E-state index in [1.54, 1.807) is 38.1 Å². The molecule has 6 nitrogen and oxygen atoms in total. The molecule has 1 aromatic heterocycles. The first-order valence-electron chi connectivity index (χ1n) is 8.42. The lowest BCUT2D eigenvalue weighted by molar-refractivity contribution is -0.144. The normalized spacial score (nSPS) is 10.4. The van der Waals surface area contributed by atoms with E-state index in [-0.39, 0.29) is 12.4 Å². The zero-order valence-electron chi connectivity index (χ0n) is 15.7. The molecule has 1 N–H and O–H groups in total. The molecule has 0 saturated carbocycles. The zero-order chi connectivity index (χ0) is 20.7. The molecular weight excluding hydrogens is 422 g/mol. The number of carbonyl (C=O) groups is 3. The van der Waals surface area contributed by atoms with Crippen molar-refractivity contribution in [2.45, 2.75) is 25.7 Å². The van der Waals surface area contributed by atoms with Gasteiger partial charge >= 0.3 is 11.9 Å². The number of hydrogen-bond donors (Lipinski definition) is 1. The maximum absolute atomic E-state index is 12.1. The number of thiophene rings is 1. The Morgan fingerprint density at radius 1 is 1.14 bits per heavy atom. The Balaban J connectivity index is 1.87. The Labute approximate surface area is 176 Å². The summed E-state index contributed by atoms with van der Waals surface area (Å²) in [6, 6.07) is 7.06. The molecule has 0 bridgehead atoms. The van der Waals surface area contributed by atoms with Gasteiger partial charge in [-0.25, -0.2) is 4.79 Å². The molecule has 0 aliphatic rings. The molecule has 1 aromatic carbocycles. The van der Waals surface area contributed by atoms with Gasteiger partial charge in [-0.3, -0.25) is 9.59 Å². The molecule has 0 atom stereocenters. The number of esters is 2. The molecule has 0 spiro atoms. The number of amides is 1. The van der Waals surface area contributed by atoms with Crippen LogP contribution in [0.4, 0.5) is 5.00 Å². The minimum Gasteiger partial charge on any atom is -0.462 e. The molecule has 0 saturated heterocycles. The van der Waals surface area contributed by atoms with Crippen LogP contribution in [-0.4, -0.2) is 36.8 Å². The fourth-order valence-electron chi connectivity index (χ4n) is 2.19. The largest absolute Gasteiger partial charge is 0.462 e. The SMILES string of the molecule is CCOC(=O)c1c(NC(=O)COC(=O)CSc2ccc(Cl)cc2)sc(C)c1C. The van der Waals surface area contributed by atoms with Crippen LogP contribution in [0, 0.1) is 13.8 Å². The highest BCUT2D eigenvalue weighted by Gasteiger charge is 2.22. The third-order valence-corrected chi connectivity index (χ3v) is 6.01. The van der Waals surface area contributed by atoms with Crippen LogP contribution in [0.3, 0.4) is 0 Å². The van der Waals surface area contributed by atoms with Crippen molar-refractivity contribution in [1.82, 2.24) is 0 Å². The molecule has 28 heavy (non-hydrogen) atoms. The van der Waals surface area contributed by atoms with E-state index < -0.39 is 24.5 Å². The number of anilines is 1. The van der Waals surface area contributed by atoms with Crippen molar-refractivity contribution in [2.75, 3.05) is 24.3 Å². The number of halogens is 1. The molecule has 150 valence electrons. The third kappa shape index (κ3) is 6.25. The molecule has 0 aliphatic heterocycles. The van der Waals surface area contributed by atoms with Gasteiger partial charge in [0.05, 0.1) is 17.9 Å². The number of carbonyl (C=O) groups excluding carboxylic acids is 3. The number of hydrogen-bond acceptors (Lipinski definition) is 7. The maximum Gasteiger partial charge on any atom is 0.341 e. The van der Waals surface area contributed by atoms with Gasteiger partial charge in [0.25, 0.3) is 5.91 Å². The number of rotatable bonds is 8. The van der Waals surface area contributed by atoms with Crippen molar-refractivity contribution < 1.29 is 23.9 Å². The molecule has 2 aromatic rings. The molecule has 0 unspecified atom stereocenters. The summed E-state index contributed by atoms with van der Waals surface area (Å²) in [5.41, 5.74) is 1.09. The fraction of sp³-hybridized carbons (Fsp3) is 0.316. The molecule has 9 heteroatoms. The first kappa shape index (κ1) is 22.3. The van der Waals surface area contributed by atoms with Crippen LogP contribution in [0.15, 0.2) is 29.2 Å². The standard InChI is InChI=1S/C19H20ClNO5S2/c1-4-25-19(24)17-11(2)12(3)28-18(17)21-15(22)9-26-16(23)10-27-14-7-5-13(20)6-8-14/h5-8H,4,9-10H2,1-3H3,(H,21,22). The summed E-state index contributed by atoms with van der Waals surface area (Å²) in [6.07, 6.45) is 0. The second-order valence-corrected chi connectivity index (χ2v) is 8.37. The minimum atomic E-state index is -0.517. The van der Waals surface area contributed by atoms with Gasteiger partial charge in [-0.15, -0.1) is 23.1 Å². The summed E-state index contributed by atoms with van der Waals surface area (Å²) in [5, 5.41) is 3.64. The minimum absolute atomic E-state index is 0.0696. The van der Waals surface area contributed by atoms with E-state index in [0.717, 1.165) is 15.3 Å². The summed E-state index contributed by atoms with van der Waals surface area (Å²) >= 11 is 8.38. The van der Waals surface area contributed by atoms with Crippen molar-refractivity contribution in [3.05, 3.63) is 45.3 Å². The van der Waals surface area contributed by atoms with E-state index in [4.69, 9.17) is 21.1 Å². The number of thioether (sulfide) groups is 1. The number of aryl methyl sites for hydroxylation is 1. The van der Waals surface area contributed by atoms with Crippen molar-refractivity contribution in [3.63, 3.8) is 0 Å². The number of nitrogens with one attached hydrogen (secondary N) is 1. The van der Waals surface area contributed by atoms with Crippen LogP contribution >= 0.6 is 34.7 Å². The lowest BCUT2D eigenvalue weighted by Crippen LogP contribution is -2.22. The monoisotopic (exact) mass is 441 g/mol. The summed E-state index contributed by atoms with van der Waals surface area (Å²) < 4.78 is 10.0. The first-order chi connectivity index (χ1) is 13.3. The summed E-state index contributed by atoms with van der Waals surface area (Å²) in [7, 11) is 0. The predicted molar refractivity (Wildman–Crippen MR) is 112 cm³/mol. The topological polar surface area (TPSA) is 81.7 Å². The van der Waals surface area contributed by atoms with E-state index >= 15 is 0 Å². The van der Waals surface area contributed by atoms with Crippen LogP contribution in [-0.2, 0) is 19.1 Å². The average Bonchev–Trinajstić information content (AvgIpc) is 2.93. The molecule has 1 amide bonds. The quantitative estimate of drug-likeness (QED) is 0.480. The van der Waals surface area contributed by atoms with Crippen LogP contribution in [0.1, 0.15) is 27.7 Å². The average molecular weight is 442 g/mol. The Kier molecular flexibility index (Phi) is 8.35. The summed E-state index contributed by atoms with van der Waals surface area (Å²) in [5.74, 6) is -1.45. The molecule has 0 fully saturated rings. The first-order valence-corrected chi connectivity index (χ1v) is 10.6. The predicted octanol–water partition coefficient (Wildman–Crippen LogP) is 4.47. The summed E-state index contributed by atoms with van der Waals surface area (Å²) in [6.45, 7) is 5.17. The lowest BCUT2D eigenvalue weighted by Gasteiger charge is -2.08. The molecular formula is C19H20ClNO5S2. The maximum atomic E-state index is 12.1. The van der Waals surface area contributed by atoms with E-state index in [1.165, 1.54) is 23.1 Å². The summed E-state index contributed by atoms with van der Waals surface area (Å²) in [4.78, 5) is 37.9. The van der Waals surface area contributed by atoms with Gasteiger partial charge in [0.1, 0.15) is 5.00 Å². The van der Waals surface area contributed by atoms with Crippen molar-refractivity contribution in [1.29, 1.82) is 0 Å². The van der Waals surface area contributed by atoms with Crippen LogP contribution in [0.25, 0.3) is 0 Å². The van der Waals surface area contributed by atoms with Gasteiger partial charge in [0.15, 0.2) is 6.61 Å². The molecule has 0 aliphatic carbocycles. The number of ether oxygens (including phenoxy) is 2. The fourth-order valence-corrected chi connectivity index (χ4v) is 4.07. The van der Waals surface area contributed by atoms with Gasteiger partial charge in [-0.1, -0.05) is 11.6 Å². The van der Waals surface area contributed by atoms with Crippen LogP contribution in [0.2, 0.25) is 5.02 Å². The number of benzene rings is 1. The van der Waals surface area contributed by atoms with Crippen LogP contribution < -0.4 is 5.32 Å². The Bertz CT molecular complexity index is 864. The Morgan fingerprint density at radius 2 is 1.82 bits per heavy atom. The smallest absolute Gasteiger partial charge is 0.341 e. The van der Waals surface area contributed by atoms with E-state index in [9.17, 15) is 14.4 Å². The third-order valence-electron chi connectivity index (χ3n) is 3.65. The molecule has 0 radical (unpaired) electrons. The van der Waals surface area contributed by atoms with E-state index in [2.05, 4.69) is 5.32 Å². The Morgan fingerprint density at radius 3 is 2.46 bits per heavy atom. The van der Waals surface area contributed by atoms with Crippen molar-refractivity contribution >= 4 is 57.5 Å². The van der Waals surface area contributed by atoms with Gasteiger partial charge in [-0.2, -0.15) is 0 Å². The van der Waals surface area contributed by atoms with Gasteiger partial charge < -0.3 is 14.8 Å². The van der Waals surface area contributed by atoms with Gasteiger partial charge in [-0.05, 0) is 50.6 Å². The molecule has 1 heterocycles. The Hall–Kier alpha value is -2.03. The second-order valence-electron chi connectivity index (χ2n) is 5.66. The highest BCUT2D eigenvalue weighted by molar-refractivity contribution is 8.00. The lowest BCUT2D eigenvalue weighted by atomic mass is 10.1.